The molecule has 0 atom stereocenters. The molecule has 1 aromatic heterocycles. The third-order valence-corrected chi connectivity index (χ3v) is 3.64. The van der Waals surface area contributed by atoms with Crippen molar-refractivity contribution in [2.45, 2.75) is 31.1 Å². The zero-order valence-corrected chi connectivity index (χ0v) is 8.57. The van der Waals surface area contributed by atoms with E-state index in [1.165, 1.54) is 5.56 Å². The zero-order chi connectivity index (χ0) is 10.3. The van der Waals surface area contributed by atoms with Crippen LogP contribution in [0.3, 0.4) is 0 Å². The Kier molecular flexibility index (Phi) is 1.78. The van der Waals surface area contributed by atoms with Gasteiger partial charge >= 0.3 is 0 Å². The van der Waals surface area contributed by atoms with Crippen LogP contribution in [0.15, 0.2) is 24.4 Å². The van der Waals surface area contributed by atoms with E-state index in [0.29, 0.717) is 5.78 Å². The van der Waals surface area contributed by atoms with Gasteiger partial charge in [-0.2, -0.15) is 0 Å². The summed E-state index contributed by atoms with van der Waals surface area (Å²) in [5.74, 6) is 0.409. The third-order valence-electron chi connectivity index (χ3n) is 3.64. The maximum absolute atomic E-state index is 11.3. The molecular weight excluding hydrogens is 186 g/mol. The van der Waals surface area contributed by atoms with Gasteiger partial charge in [-0.15, -0.1) is 0 Å². The summed E-state index contributed by atoms with van der Waals surface area (Å²) in [7, 11) is 0. The SMILES string of the molecule is O=C1CCC2(C=Cc3ncccc32)CC1. The lowest BCUT2D eigenvalue weighted by Crippen LogP contribution is -2.28. The molecule has 76 valence electrons. The van der Waals surface area contributed by atoms with Gasteiger partial charge in [-0.25, -0.2) is 0 Å². The number of Topliss-reactive ketones (excluding diaryl/α,β-unsaturated/α-hetero) is 1. The molecule has 0 amide bonds. The maximum atomic E-state index is 11.3. The van der Waals surface area contributed by atoms with Crippen molar-refractivity contribution in [3.05, 3.63) is 35.7 Å². The first-order valence-electron chi connectivity index (χ1n) is 5.47. The van der Waals surface area contributed by atoms with Gasteiger partial charge in [0, 0.05) is 24.5 Å². The number of aromatic nitrogens is 1. The lowest BCUT2D eigenvalue weighted by Gasteiger charge is -2.32. The number of hydrogen-bond acceptors (Lipinski definition) is 2. The van der Waals surface area contributed by atoms with E-state index >= 15 is 0 Å². The average Bonchev–Trinajstić information content (AvgIpc) is 2.63. The van der Waals surface area contributed by atoms with Crippen molar-refractivity contribution in [1.29, 1.82) is 0 Å². The fourth-order valence-corrected chi connectivity index (χ4v) is 2.71. The molecule has 2 nitrogen and oxygen atoms in total. The summed E-state index contributed by atoms with van der Waals surface area (Å²) in [6.45, 7) is 0. The van der Waals surface area contributed by atoms with Crippen LogP contribution in [0, 0.1) is 0 Å². The lowest BCUT2D eigenvalue weighted by atomic mass is 9.71. The molecule has 0 bridgehead atoms. The Balaban J connectivity index is 2.02. The van der Waals surface area contributed by atoms with Crippen LogP contribution in [-0.4, -0.2) is 10.8 Å². The maximum Gasteiger partial charge on any atom is 0.133 e. The Morgan fingerprint density at radius 1 is 1.27 bits per heavy atom. The standard InChI is InChI=1S/C13H13NO/c15-10-3-6-13(7-4-10)8-5-12-11(13)2-1-9-14-12/h1-2,5,8-9H,3-4,6-7H2. The molecule has 2 heteroatoms. The molecule has 1 heterocycles. The van der Waals surface area contributed by atoms with Crippen molar-refractivity contribution in [2.24, 2.45) is 0 Å². The molecule has 1 aromatic rings. The first kappa shape index (κ1) is 8.84. The van der Waals surface area contributed by atoms with E-state index < -0.39 is 0 Å². The van der Waals surface area contributed by atoms with Gasteiger partial charge in [0.1, 0.15) is 5.78 Å². The van der Waals surface area contributed by atoms with Gasteiger partial charge in [0.25, 0.3) is 0 Å². The van der Waals surface area contributed by atoms with Crippen LogP contribution < -0.4 is 0 Å². The topological polar surface area (TPSA) is 30.0 Å². The number of ketones is 1. The van der Waals surface area contributed by atoms with Crippen molar-refractivity contribution < 1.29 is 4.79 Å². The minimum Gasteiger partial charge on any atom is -0.300 e. The highest BCUT2D eigenvalue weighted by atomic mass is 16.1. The Morgan fingerprint density at radius 3 is 2.87 bits per heavy atom. The molecule has 0 radical (unpaired) electrons. The van der Waals surface area contributed by atoms with Gasteiger partial charge in [0.15, 0.2) is 0 Å². The number of pyridine rings is 1. The summed E-state index contributed by atoms with van der Waals surface area (Å²) < 4.78 is 0. The van der Waals surface area contributed by atoms with Crippen LogP contribution in [0.5, 0.6) is 0 Å². The molecule has 0 aliphatic heterocycles. The lowest BCUT2D eigenvalue weighted by molar-refractivity contribution is -0.121. The third kappa shape index (κ3) is 1.24. The summed E-state index contributed by atoms with van der Waals surface area (Å²) in [5.41, 5.74) is 2.53. The molecule has 0 aromatic carbocycles. The fourth-order valence-electron chi connectivity index (χ4n) is 2.71. The van der Waals surface area contributed by atoms with E-state index in [4.69, 9.17) is 0 Å². The summed E-state index contributed by atoms with van der Waals surface area (Å²) in [5, 5.41) is 0. The Morgan fingerprint density at radius 2 is 2.07 bits per heavy atom. The van der Waals surface area contributed by atoms with Crippen LogP contribution in [0.25, 0.3) is 6.08 Å². The second-order valence-corrected chi connectivity index (χ2v) is 4.46. The fraction of sp³-hybridized carbons (Fsp3) is 0.385. The van der Waals surface area contributed by atoms with Crippen molar-refractivity contribution in [1.82, 2.24) is 4.98 Å². The minimum absolute atomic E-state index is 0.123. The molecule has 2 aliphatic carbocycles. The van der Waals surface area contributed by atoms with Gasteiger partial charge in [0.05, 0.1) is 5.69 Å². The number of allylic oxidation sites excluding steroid dienone is 1. The number of nitrogens with zero attached hydrogens (tertiary/aromatic N) is 1. The molecule has 0 unspecified atom stereocenters. The minimum atomic E-state index is 0.123. The highest BCUT2D eigenvalue weighted by Crippen LogP contribution is 2.44. The number of carbonyl (C=O) groups is 1. The first-order chi connectivity index (χ1) is 7.30. The molecule has 2 aliphatic rings. The molecule has 1 fully saturated rings. The van der Waals surface area contributed by atoms with E-state index in [0.717, 1.165) is 31.4 Å². The predicted octanol–water partition coefficient (Wildman–Crippen LogP) is 2.49. The summed E-state index contributed by atoms with van der Waals surface area (Å²) in [6, 6.07) is 4.14. The summed E-state index contributed by atoms with van der Waals surface area (Å²) in [4.78, 5) is 15.6. The van der Waals surface area contributed by atoms with Crippen LogP contribution in [-0.2, 0) is 10.2 Å². The second-order valence-electron chi connectivity index (χ2n) is 4.46. The number of rotatable bonds is 0. The van der Waals surface area contributed by atoms with E-state index in [2.05, 4.69) is 23.2 Å². The smallest absolute Gasteiger partial charge is 0.133 e. The van der Waals surface area contributed by atoms with Gasteiger partial charge in [-0.05, 0) is 30.5 Å². The quantitative estimate of drug-likeness (QED) is 0.642. The van der Waals surface area contributed by atoms with E-state index in [-0.39, 0.29) is 5.41 Å². The van der Waals surface area contributed by atoms with Gasteiger partial charge < -0.3 is 0 Å². The monoisotopic (exact) mass is 199 g/mol. The van der Waals surface area contributed by atoms with Crippen molar-refractivity contribution in [2.75, 3.05) is 0 Å². The van der Waals surface area contributed by atoms with Gasteiger partial charge in [-0.3, -0.25) is 9.78 Å². The molecule has 1 saturated carbocycles. The molecule has 0 N–H and O–H groups in total. The van der Waals surface area contributed by atoms with Crippen molar-refractivity contribution in [3.8, 4) is 0 Å². The highest BCUT2D eigenvalue weighted by Gasteiger charge is 2.38. The van der Waals surface area contributed by atoms with Crippen LogP contribution in [0.1, 0.15) is 36.9 Å². The number of fused-ring (bicyclic) bond motifs is 2. The molecule has 1 spiro atoms. The average molecular weight is 199 g/mol. The van der Waals surface area contributed by atoms with Crippen molar-refractivity contribution in [3.63, 3.8) is 0 Å². The number of carbonyl (C=O) groups excluding carboxylic acids is 1. The first-order valence-corrected chi connectivity index (χ1v) is 5.47. The highest BCUT2D eigenvalue weighted by molar-refractivity contribution is 5.80. The van der Waals surface area contributed by atoms with E-state index in [9.17, 15) is 4.79 Å². The molecule has 3 rings (SSSR count). The van der Waals surface area contributed by atoms with Crippen molar-refractivity contribution >= 4 is 11.9 Å². The zero-order valence-electron chi connectivity index (χ0n) is 8.57. The Labute approximate surface area is 89.0 Å². The van der Waals surface area contributed by atoms with Crippen LogP contribution >= 0.6 is 0 Å². The molecule has 0 saturated heterocycles. The van der Waals surface area contributed by atoms with E-state index in [1.807, 2.05) is 12.3 Å². The van der Waals surface area contributed by atoms with Gasteiger partial charge in [-0.1, -0.05) is 12.1 Å². The summed E-state index contributed by atoms with van der Waals surface area (Å²) >= 11 is 0. The van der Waals surface area contributed by atoms with Crippen LogP contribution in [0.2, 0.25) is 0 Å². The molecule has 15 heavy (non-hydrogen) atoms. The molecular formula is C13H13NO. The predicted molar refractivity (Wildman–Crippen MR) is 58.4 cm³/mol. The summed E-state index contributed by atoms with van der Waals surface area (Å²) in [6.07, 6.45) is 9.54. The Bertz CT molecular complexity index is 438. The Hall–Kier alpha value is -1.44. The van der Waals surface area contributed by atoms with E-state index in [1.54, 1.807) is 0 Å². The second kappa shape index (κ2) is 3.02. The largest absolute Gasteiger partial charge is 0.300 e. The van der Waals surface area contributed by atoms with Crippen LogP contribution in [0.4, 0.5) is 0 Å². The normalized spacial score (nSPS) is 22.0. The van der Waals surface area contributed by atoms with Gasteiger partial charge in [0.2, 0.25) is 0 Å². The number of hydrogen-bond donors (Lipinski definition) is 0.